The van der Waals surface area contributed by atoms with Crippen molar-refractivity contribution < 1.29 is 14.3 Å². The number of amides is 1. The van der Waals surface area contributed by atoms with E-state index in [1.54, 1.807) is 32.2 Å². The molecule has 0 aliphatic rings. The summed E-state index contributed by atoms with van der Waals surface area (Å²) in [5.74, 6) is 0.958. The van der Waals surface area contributed by atoms with E-state index in [0.717, 1.165) is 11.1 Å². The van der Waals surface area contributed by atoms with Crippen LogP contribution in [0.1, 0.15) is 18.1 Å². The molecule has 0 atom stereocenters. The maximum Gasteiger partial charge on any atom is 0.277 e. The first kappa shape index (κ1) is 17.8. The highest BCUT2D eigenvalue weighted by molar-refractivity contribution is 6.30. The van der Waals surface area contributed by atoms with Gasteiger partial charge in [0.25, 0.3) is 5.91 Å². The highest BCUT2D eigenvalue weighted by Gasteiger charge is 2.07. The largest absolute Gasteiger partial charge is 0.496 e. The van der Waals surface area contributed by atoms with Crippen molar-refractivity contribution in [2.45, 2.75) is 13.8 Å². The van der Waals surface area contributed by atoms with Crippen LogP contribution in [0.2, 0.25) is 5.02 Å². The molecule has 5 nitrogen and oxygen atoms in total. The number of rotatable bonds is 6. The zero-order valence-corrected chi connectivity index (χ0v) is 14.6. The first-order chi connectivity index (χ1) is 11.5. The number of aryl methyl sites for hydroxylation is 1. The fourth-order valence-electron chi connectivity index (χ4n) is 2.10. The molecule has 0 aromatic heterocycles. The summed E-state index contributed by atoms with van der Waals surface area (Å²) < 4.78 is 10.7. The Morgan fingerprint density at radius 2 is 1.96 bits per heavy atom. The smallest absolute Gasteiger partial charge is 0.277 e. The molecule has 0 spiro atoms. The van der Waals surface area contributed by atoms with Gasteiger partial charge in [-0.3, -0.25) is 4.79 Å². The normalized spacial score (nSPS) is 11.1. The molecule has 0 aliphatic carbocycles. The molecule has 0 aliphatic heterocycles. The standard InChI is InChI=1S/C18H19ClN2O3/c1-12-10-14(19)8-9-16(12)24-11-18(22)21-20-13(2)15-6-4-5-7-17(15)23-3/h4-10H,11H2,1-3H3,(H,21,22)/b20-13-. The number of halogens is 1. The van der Waals surface area contributed by atoms with Gasteiger partial charge >= 0.3 is 0 Å². The van der Waals surface area contributed by atoms with Gasteiger partial charge in [0.1, 0.15) is 11.5 Å². The maximum absolute atomic E-state index is 11.9. The van der Waals surface area contributed by atoms with E-state index in [0.29, 0.717) is 22.2 Å². The Hall–Kier alpha value is -2.53. The minimum Gasteiger partial charge on any atom is -0.496 e. The average molecular weight is 347 g/mol. The number of carbonyl (C=O) groups is 1. The van der Waals surface area contributed by atoms with Gasteiger partial charge in [0.05, 0.1) is 12.8 Å². The topological polar surface area (TPSA) is 59.9 Å². The van der Waals surface area contributed by atoms with Crippen LogP contribution in [-0.2, 0) is 4.79 Å². The highest BCUT2D eigenvalue weighted by atomic mass is 35.5. The second-order valence-corrected chi connectivity index (χ2v) is 5.57. The van der Waals surface area contributed by atoms with Crippen LogP contribution in [0.15, 0.2) is 47.6 Å². The molecule has 0 heterocycles. The summed E-state index contributed by atoms with van der Waals surface area (Å²) in [6.45, 7) is 3.52. The van der Waals surface area contributed by atoms with Gasteiger partial charge in [0.2, 0.25) is 0 Å². The summed E-state index contributed by atoms with van der Waals surface area (Å²) in [4.78, 5) is 11.9. The zero-order valence-electron chi connectivity index (χ0n) is 13.8. The molecule has 2 aromatic carbocycles. The molecule has 2 rings (SSSR count). The van der Waals surface area contributed by atoms with Crippen molar-refractivity contribution in [2.24, 2.45) is 5.10 Å². The van der Waals surface area contributed by atoms with Gasteiger partial charge in [0.15, 0.2) is 6.61 Å². The van der Waals surface area contributed by atoms with Crippen LogP contribution in [-0.4, -0.2) is 25.3 Å². The molecule has 6 heteroatoms. The first-order valence-electron chi connectivity index (χ1n) is 7.36. The summed E-state index contributed by atoms with van der Waals surface area (Å²) in [7, 11) is 1.59. The number of benzene rings is 2. The van der Waals surface area contributed by atoms with Crippen LogP contribution in [0.3, 0.4) is 0 Å². The van der Waals surface area contributed by atoms with Crippen molar-refractivity contribution >= 4 is 23.2 Å². The first-order valence-corrected chi connectivity index (χ1v) is 7.74. The van der Waals surface area contributed by atoms with Crippen molar-refractivity contribution in [3.05, 3.63) is 58.6 Å². The molecule has 0 fully saturated rings. The average Bonchev–Trinajstić information content (AvgIpc) is 2.58. The van der Waals surface area contributed by atoms with Crippen LogP contribution in [0, 0.1) is 6.92 Å². The maximum atomic E-state index is 11.9. The number of carbonyl (C=O) groups excluding carboxylic acids is 1. The van der Waals surface area contributed by atoms with E-state index < -0.39 is 0 Å². The van der Waals surface area contributed by atoms with Crippen LogP contribution in [0.25, 0.3) is 0 Å². The molecule has 1 amide bonds. The second-order valence-electron chi connectivity index (χ2n) is 5.13. The van der Waals surface area contributed by atoms with E-state index in [-0.39, 0.29) is 12.5 Å². The molecule has 0 bridgehead atoms. The quantitative estimate of drug-likeness (QED) is 0.642. The summed E-state index contributed by atoms with van der Waals surface area (Å²) in [6, 6.07) is 12.7. The van der Waals surface area contributed by atoms with E-state index in [1.165, 1.54) is 0 Å². The van der Waals surface area contributed by atoms with E-state index in [9.17, 15) is 4.79 Å². The van der Waals surface area contributed by atoms with Crippen molar-refractivity contribution in [2.75, 3.05) is 13.7 Å². The highest BCUT2D eigenvalue weighted by Crippen LogP contribution is 2.21. The van der Waals surface area contributed by atoms with Crippen molar-refractivity contribution in [1.82, 2.24) is 5.43 Å². The second kappa shape index (κ2) is 8.36. The van der Waals surface area contributed by atoms with Gasteiger partial charge < -0.3 is 9.47 Å². The summed E-state index contributed by atoms with van der Waals surface area (Å²) in [5.41, 5.74) is 4.80. The lowest BCUT2D eigenvalue weighted by Gasteiger charge is -2.09. The predicted molar refractivity (Wildman–Crippen MR) is 95.0 cm³/mol. The predicted octanol–water partition coefficient (Wildman–Crippen LogP) is 3.58. The van der Waals surface area contributed by atoms with Crippen LogP contribution >= 0.6 is 11.6 Å². The van der Waals surface area contributed by atoms with Gasteiger partial charge in [-0.25, -0.2) is 5.43 Å². The molecular weight excluding hydrogens is 328 g/mol. The van der Waals surface area contributed by atoms with Gasteiger partial charge in [-0.1, -0.05) is 23.7 Å². The molecule has 126 valence electrons. The van der Waals surface area contributed by atoms with Gasteiger partial charge in [-0.15, -0.1) is 0 Å². The number of hydrogen-bond donors (Lipinski definition) is 1. The van der Waals surface area contributed by atoms with Crippen LogP contribution in [0.5, 0.6) is 11.5 Å². The number of ether oxygens (including phenoxy) is 2. The Balaban J connectivity index is 1.94. The number of para-hydroxylation sites is 1. The number of methoxy groups -OCH3 is 1. The fourth-order valence-corrected chi connectivity index (χ4v) is 2.33. The van der Waals surface area contributed by atoms with E-state index in [1.807, 2.05) is 31.2 Å². The lowest BCUT2D eigenvalue weighted by molar-refractivity contribution is -0.123. The Bertz CT molecular complexity index is 760. The van der Waals surface area contributed by atoms with Crippen molar-refractivity contribution in [3.8, 4) is 11.5 Å². The Kier molecular flexibility index (Phi) is 6.21. The Labute approximate surface area is 146 Å². The molecule has 24 heavy (non-hydrogen) atoms. The van der Waals surface area contributed by atoms with Gasteiger partial charge in [0, 0.05) is 10.6 Å². The Morgan fingerprint density at radius 3 is 2.67 bits per heavy atom. The summed E-state index contributed by atoms with van der Waals surface area (Å²) in [5, 5.41) is 4.71. The third kappa shape index (κ3) is 4.73. The SMILES string of the molecule is COc1ccccc1/C(C)=N\NC(=O)COc1ccc(Cl)cc1C. The number of nitrogens with zero attached hydrogens (tertiary/aromatic N) is 1. The third-order valence-electron chi connectivity index (χ3n) is 3.34. The zero-order chi connectivity index (χ0) is 17.5. The molecule has 1 N–H and O–H groups in total. The summed E-state index contributed by atoms with van der Waals surface area (Å²) in [6.07, 6.45) is 0. The minimum absolute atomic E-state index is 0.134. The monoisotopic (exact) mass is 346 g/mol. The summed E-state index contributed by atoms with van der Waals surface area (Å²) >= 11 is 5.88. The molecule has 0 unspecified atom stereocenters. The third-order valence-corrected chi connectivity index (χ3v) is 3.58. The minimum atomic E-state index is -0.349. The van der Waals surface area contributed by atoms with Crippen LogP contribution in [0.4, 0.5) is 0 Å². The molecule has 2 aromatic rings. The van der Waals surface area contributed by atoms with E-state index in [4.69, 9.17) is 21.1 Å². The lowest BCUT2D eigenvalue weighted by Crippen LogP contribution is -2.25. The lowest BCUT2D eigenvalue weighted by atomic mass is 10.1. The number of hydrogen-bond acceptors (Lipinski definition) is 4. The number of hydrazone groups is 1. The number of nitrogens with one attached hydrogen (secondary N) is 1. The molecule has 0 radical (unpaired) electrons. The fraction of sp³-hybridized carbons (Fsp3) is 0.222. The molecule has 0 saturated heterocycles. The van der Waals surface area contributed by atoms with Crippen molar-refractivity contribution in [3.63, 3.8) is 0 Å². The van der Waals surface area contributed by atoms with E-state index >= 15 is 0 Å². The van der Waals surface area contributed by atoms with Gasteiger partial charge in [-0.05, 0) is 49.7 Å². The molecular formula is C18H19ClN2O3. The van der Waals surface area contributed by atoms with Gasteiger partial charge in [-0.2, -0.15) is 5.10 Å². The molecule has 0 saturated carbocycles. The van der Waals surface area contributed by atoms with Crippen LogP contribution < -0.4 is 14.9 Å². The van der Waals surface area contributed by atoms with Crippen molar-refractivity contribution in [1.29, 1.82) is 0 Å². The Morgan fingerprint density at radius 1 is 1.21 bits per heavy atom. The van der Waals surface area contributed by atoms with E-state index in [2.05, 4.69) is 10.5 Å².